The fraction of sp³-hybridized carbons (Fsp3) is 0.357. The first kappa shape index (κ1) is 15.0. The lowest BCUT2D eigenvalue weighted by Gasteiger charge is -2.06. The Balaban J connectivity index is 2.13. The first-order valence-corrected chi connectivity index (χ1v) is 8.82. The zero-order chi connectivity index (χ0) is 14.6. The van der Waals surface area contributed by atoms with Crippen molar-refractivity contribution in [2.75, 3.05) is 4.72 Å². The Hall–Kier alpha value is -1.40. The molecule has 0 radical (unpaired) electrons. The molecule has 0 aliphatic carbocycles. The second kappa shape index (κ2) is 6.37. The van der Waals surface area contributed by atoms with Gasteiger partial charge in [0.1, 0.15) is 5.00 Å². The monoisotopic (exact) mass is 310 g/mol. The molecule has 6 heteroatoms. The van der Waals surface area contributed by atoms with Crippen LogP contribution in [-0.4, -0.2) is 12.8 Å². The third kappa shape index (κ3) is 3.80. The van der Waals surface area contributed by atoms with E-state index in [2.05, 4.69) is 16.0 Å². The number of hydrogen-bond donors (Lipinski definition) is 1. The molecule has 0 bridgehead atoms. The lowest BCUT2D eigenvalue weighted by Crippen LogP contribution is -2.12. The van der Waals surface area contributed by atoms with E-state index in [4.69, 9.17) is 0 Å². The zero-order valence-corrected chi connectivity index (χ0v) is 13.2. The molecule has 0 aliphatic heterocycles. The number of anilines is 1. The van der Waals surface area contributed by atoms with Crippen LogP contribution in [0.3, 0.4) is 0 Å². The summed E-state index contributed by atoms with van der Waals surface area (Å²) in [5.41, 5.74) is 1.97. The Kier molecular flexibility index (Phi) is 4.77. The minimum absolute atomic E-state index is 0.281. The van der Waals surface area contributed by atoms with E-state index in [1.54, 1.807) is 18.2 Å². The van der Waals surface area contributed by atoms with E-state index in [0.717, 1.165) is 36.5 Å². The van der Waals surface area contributed by atoms with Gasteiger partial charge in [-0.1, -0.05) is 25.5 Å². The lowest BCUT2D eigenvalue weighted by atomic mass is 10.1. The largest absolute Gasteiger partial charge is 0.269 e. The van der Waals surface area contributed by atoms with E-state index in [1.807, 2.05) is 19.1 Å². The average Bonchev–Trinajstić information content (AvgIpc) is 2.81. The molecule has 1 aromatic carbocycles. The molecule has 4 nitrogen and oxygen atoms in total. The number of unbranched alkanes of at least 4 members (excludes halogenated alkanes) is 1. The Labute approximate surface area is 124 Å². The fourth-order valence-electron chi connectivity index (χ4n) is 1.82. The third-order valence-corrected chi connectivity index (χ3v) is 5.22. The molecule has 0 spiro atoms. The van der Waals surface area contributed by atoms with Gasteiger partial charge in [0.2, 0.25) is 0 Å². The number of hydrogen-bond acceptors (Lipinski definition) is 4. The normalized spacial score (nSPS) is 11.5. The van der Waals surface area contributed by atoms with Gasteiger partial charge in [0.15, 0.2) is 0 Å². The minimum atomic E-state index is -3.52. The summed E-state index contributed by atoms with van der Waals surface area (Å²) in [7, 11) is -3.52. The van der Waals surface area contributed by atoms with E-state index in [-0.39, 0.29) is 4.90 Å². The summed E-state index contributed by atoms with van der Waals surface area (Å²) in [5.74, 6) is 0. The van der Waals surface area contributed by atoms with Crippen LogP contribution >= 0.6 is 11.5 Å². The maximum Gasteiger partial charge on any atom is 0.262 e. The van der Waals surface area contributed by atoms with Gasteiger partial charge < -0.3 is 0 Å². The fourth-order valence-corrected chi connectivity index (χ4v) is 3.75. The Morgan fingerprint density at radius 3 is 2.50 bits per heavy atom. The Morgan fingerprint density at radius 2 is 1.95 bits per heavy atom. The molecule has 0 saturated heterocycles. The van der Waals surface area contributed by atoms with Crippen molar-refractivity contribution in [1.82, 2.24) is 4.37 Å². The first-order valence-electron chi connectivity index (χ1n) is 6.56. The molecule has 0 unspecified atom stereocenters. The quantitative estimate of drug-likeness (QED) is 0.887. The Bertz CT molecular complexity index is 661. The summed E-state index contributed by atoms with van der Waals surface area (Å²) in [6, 6.07) is 8.78. The smallest absolute Gasteiger partial charge is 0.262 e. The number of sulfonamides is 1. The van der Waals surface area contributed by atoms with E-state index in [1.165, 1.54) is 5.56 Å². The standard InChI is InChI=1S/C14H18N2O2S2/c1-3-4-5-12-6-8-13(9-7-12)20(17,18)16-14-10-11(2)15-19-14/h6-10,16H,3-5H2,1-2H3. The van der Waals surface area contributed by atoms with E-state index in [9.17, 15) is 8.42 Å². The van der Waals surface area contributed by atoms with Gasteiger partial charge in [-0.25, -0.2) is 8.42 Å². The van der Waals surface area contributed by atoms with Gasteiger partial charge in [-0.05, 0) is 55.1 Å². The highest BCUT2D eigenvalue weighted by Gasteiger charge is 2.15. The van der Waals surface area contributed by atoms with Gasteiger partial charge >= 0.3 is 0 Å². The number of rotatable bonds is 6. The summed E-state index contributed by atoms with van der Waals surface area (Å²) in [4.78, 5) is 0.281. The predicted molar refractivity (Wildman–Crippen MR) is 82.7 cm³/mol. The van der Waals surface area contributed by atoms with E-state index < -0.39 is 10.0 Å². The van der Waals surface area contributed by atoms with Crippen LogP contribution in [0, 0.1) is 6.92 Å². The second-order valence-corrected chi connectivity index (χ2v) is 7.17. The minimum Gasteiger partial charge on any atom is -0.269 e. The van der Waals surface area contributed by atoms with E-state index >= 15 is 0 Å². The second-order valence-electron chi connectivity index (χ2n) is 4.69. The summed E-state index contributed by atoms with van der Waals surface area (Å²) in [6.45, 7) is 3.97. The summed E-state index contributed by atoms with van der Waals surface area (Å²) in [5, 5.41) is 0.539. The van der Waals surface area contributed by atoms with Crippen molar-refractivity contribution >= 4 is 26.6 Å². The van der Waals surface area contributed by atoms with Crippen LogP contribution in [0.5, 0.6) is 0 Å². The van der Waals surface area contributed by atoms with Crippen molar-refractivity contribution in [3.8, 4) is 0 Å². The highest BCUT2D eigenvalue weighted by Crippen LogP contribution is 2.21. The van der Waals surface area contributed by atoms with Crippen LogP contribution in [0.1, 0.15) is 31.0 Å². The highest BCUT2D eigenvalue weighted by atomic mass is 32.2. The molecule has 108 valence electrons. The molecule has 0 atom stereocenters. The topological polar surface area (TPSA) is 59.1 Å². The van der Waals surface area contributed by atoms with Crippen molar-refractivity contribution in [3.05, 3.63) is 41.6 Å². The number of aryl methyl sites for hydroxylation is 2. The molecule has 0 aliphatic rings. The maximum atomic E-state index is 12.2. The Morgan fingerprint density at radius 1 is 1.25 bits per heavy atom. The molecule has 1 N–H and O–H groups in total. The first-order chi connectivity index (χ1) is 9.51. The van der Waals surface area contributed by atoms with Crippen molar-refractivity contribution in [2.24, 2.45) is 0 Å². The maximum absolute atomic E-state index is 12.2. The van der Waals surface area contributed by atoms with Crippen molar-refractivity contribution in [2.45, 2.75) is 38.0 Å². The summed E-state index contributed by atoms with van der Waals surface area (Å²) >= 11 is 1.15. The molecular formula is C14H18N2O2S2. The van der Waals surface area contributed by atoms with Crippen LogP contribution in [-0.2, 0) is 16.4 Å². The van der Waals surface area contributed by atoms with Gasteiger partial charge in [0.05, 0.1) is 10.6 Å². The number of benzene rings is 1. The molecule has 0 amide bonds. The molecule has 0 saturated carbocycles. The van der Waals surface area contributed by atoms with Gasteiger partial charge in [-0.15, -0.1) is 0 Å². The molecule has 2 rings (SSSR count). The van der Waals surface area contributed by atoms with Gasteiger partial charge in [-0.3, -0.25) is 4.72 Å². The summed E-state index contributed by atoms with van der Waals surface area (Å²) in [6.07, 6.45) is 3.23. The highest BCUT2D eigenvalue weighted by molar-refractivity contribution is 7.93. The van der Waals surface area contributed by atoms with Crippen LogP contribution in [0.25, 0.3) is 0 Å². The van der Waals surface area contributed by atoms with Crippen LogP contribution in [0.4, 0.5) is 5.00 Å². The van der Waals surface area contributed by atoms with Gasteiger partial charge in [-0.2, -0.15) is 4.37 Å². The average molecular weight is 310 g/mol. The van der Waals surface area contributed by atoms with Crippen molar-refractivity contribution in [3.63, 3.8) is 0 Å². The molecule has 0 fully saturated rings. The van der Waals surface area contributed by atoms with Crippen molar-refractivity contribution < 1.29 is 8.42 Å². The number of aromatic nitrogens is 1. The van der Waals surface area contributed by atoms with E-state index in [0.29, 0.717) is 5.00 Å². The predicted octanol–water partition coefficient (Wildman–Crippen LogP) is 3.59. The van der Waals surface area contributed by atoms with Gasteiger partial charge in [0, 0.05) is 0 Å². The SMILES string of the molecule is CCCCc1ccc(S(=O)(=O)Nc2cc(C)ns2)cc1. The summed E-state index contributed by atoms with van der Waals surface area (Å²) < 4.78 is 31.0. The van der Waals surface area contributed by atoms with Gasteiger partial charge in [0.25, 0.3) is 10.0 Å². The zero-order valence-electron chi connectivity index (χ0n) is 11.6. The molecule has 1 heterocycles. The lowest BCUT2D eigenvalue weighted by molar-refractivity contribution is 0.601. The number of nitrogens with one attached hydrogen (secondary N) is 1. The molecular weight excluding hydrogens is 292 g/mol. The van der Waals surface area contributed by atoms with Crippen molar-refractivity contribution in [1.29, 1.82) is 0 Å². The van der Waals surface area contributed by atoms with Crippen LogP contribution in [0.15, 0.2) is 35.2 Å². The molecule has 2 aromatic rings. The third-order valence-electron chi connectivity index (χ3n) is 2.92. The van der Waals surface area contributed by atoms with Crippen LogP contribution < -0.4 is 4.72 Å². The molecule has 1 aromatic heterocycles. The number of nitrogens with zero attached hydrogens (tertiary/aromatic N) is 1. The molecule has 20 heavy (non-hydrogen) atoms. The van der Waals surface area contributed by atoms with Crippen LogP contribution in [0.2, 0.25) is 0 Å².